The predicted molar refractivity (Wildman–Crippen MR) is 42.2 cm³/mol. The number of nitrogens with zero attached hydrogens (tertiary/aromatic N) is 1. The van der Waals surface area contributed by atoms with Crippen molar-refractivity contribution in [2.75, 3.05) is 26.7 Å². The SMILES string of the molecule is C[C@@H]1CN(C)CCN1.Cl. The van der Waals surface area contributed by atoms with E-state index in [-0.39, 0.29) is 12.4 Å². The quantitative estimate of drug-likeness (QED) is 0.536. The molecule has 1 atom stereocenters. The number of halogens is 1. The lowest BCUT2D eigenvalue weighted by Gasteiger charge is -2.28. The molecule has 1 fully saturated rings. The van der Waals surface area contributed by atoms with Gasteiger partial charge in [-0.3, -0.25) is 0 Å². The zero-order valence-electron chi connectivity index (χ0n) is 6.05. The van der Waals surface area contributed by atoms with Crippen molar-refractivity contribution in [2.45, 2.75) is 13.0 Å². The Hall–Kier alpha value is 0.210. The highest BCUT2D eigenvalue weighted by atomic mass is 35.5. The van der Waals surface area contributed by atoms with E-state index in [0.29, 0.717) is 6.04 Å². The van der Waals surface area contributed by atoms with E-state index in [1.807, 2.05) is 0 Å². The fourth-order valence-corrected chi connectivity index (χ4v) is 1.13. The lowest BCUT2D eigenvalue weighted by Crippen LogP contribution is -2.47. The van der Waals surface area contributed by atoms with E-state index >= 15 is 0 Å². The van der Waals surface area contributed by atoms with Gasteiger partial charge >= 0.3 is 0 Å². The minimum absolute atomic E-state index is 0. The zero-order valence-corrected chi connectivity index (χ0v) is 6.87. The summed E-state index contributed by atoms with van der Waals surface area (Å²) < 4.78 is 0. The van der Waals surface area contributed by atoms with E-state index < -0.39 is 0 Å². The minimum Gasteiger partial charge on any atom is -0.312 e. The molecule has 0 saturated carbocycles. The largest absolute Gasteiger partial charge is 0.312 e. The Bertz CT molecular complexity index is 69.5. The second kappa shape index (κ2) is 4.09. The van der Waals surface area contributed by atoms with Gasteiger partial charge in [0, 0.05) is 25.7 Å². The molecule has 0 bridgehead atoms. The zero-order chi connectivity index (χ0) is 5.98. The van der Waals surface area contributed by atoms with Crippen molar-refractivity contribution in [3.63, 3.8) is 0 Å². The number of piperazine rings is 1. The van der Waals surface area contributed by atoms with Crippen LogP contribution in [0, 0.1) is 0 Å². The van der Waals surface area contributed by atoms with Crippen molar-refractivity contribution in [3.05, 3.63) is 0 Å². The molecule has 9 heavy (non-hydrogen) atoms. The first-order valence-electron chi connectivity index (χ1n) is 3.21. The molecule has 1 heterocycles. The highest BCUT2D eigenvalue weighted by molar-refractivity contribution is 5.85. The second-order valence-corrected chi connectivity index (χ2v) is 2.62. The van der Waals surface area contributed by atoms with Crippen LogP contribution in [0.15, 0.2) is 0 Å². The molecular weight excluding hydrogens is 136 g/mol. The third-order valence-corrected chi connectivity index (χ3v) is 1.57. The molecule has 1 rings (SSSR count). The van der Waals surface area contributed by atoms with E-state index in [2.05, 4.69) is 24.2 Å². The molecule has 0 aromatic carbocycles. The summed E-state index contributed by atoms with van der Waals surface area (Å²) >= 11 is 0. The van der Waals surface area contributed by atoms with Crippen molar-refractivity contribution in [3.8, 4) is 0 Å². The first-order chi connectivity index (χ1) is 3.79. The molecule has 1 aliphatic heterocycles. The maximum absolute atomic E-state index is 3.37. The van der Waals surface area contributed by atoms with Gasteiger partial charge in [0.2, 0.25) is 0 Å². The lowest BCUT2D eigenvalue weighted by atomic mass is 10.2. The van der Waals surface area contributed by atoms with E-state index in [4.69, 9.17) is 0 Å². The standard InChI is InChI=1S/C6H14N2.ClH/c1-6-5-8(2)4-3-7-6;/h6-7H,3-5H2,1-2H3;1H/t6-;/m1./s1. The highest BCUT2D eigenvalue weighted by Gasteiger charge is 2.09. The third kappa shape index (κ3) is 3.04. The summed E-state index contributed by atoms with van der Waals surface area (Å²) in [5.41, 5.74) is 0. The maximum Gasteiger partial charge on any atom is 0.0167 e. The van der Waals surface area contributed by atoms with Crippen LogP contribution in [0.2, 0.25) is 0 Å². The van der Waals surface area contributed by atoms with Gasteiger partial charge in [0.1, 0.15) is 0 Å². The van der Waals surface area contributed by atoms with Gasteiger partial charge in [-0.25, -0.2) is 0 Å². The smallest absolute Gasteiger partial charge is 0.0167 e. The van der Waals surface area contributed by atoms with Gasteiger partial charge in [-0.1, -0.05) is 0 Å². The van der Waals surface area contributed by atoms with Gasteiger partial charge in [0.25, 0.3) is 0 Å². The number of likely N-dealkylation sites (N-methyl/N-ethyl adjacent to an activating group) is 1. The first kappa shape index (κ1) is 9.21. The Kier molecular flexibility index (Phi) is 4.19. The summed E-state index contributed by atoms with van der Waals surface area (Å²) in [6.45, 7) is 5.76. The van der Waals surface area contributed by atoms with Crippen LogP contribution in [0.25, 0.3) is 0 Å². The highest BCUT2D eigenvalue weighted by Crippen LogP contribution is 1.92. The molecule has 56 valence electrons. The van der Waals surface area contributed by atoms with Gasteiger partial charge in [0.05, 0.1) is 0 Å². The van der Waals surface area contributed by atoms with Gasteiger partial charge in [-0.05, 0) is 14.0 Å². The molecule has 0 aliphatic carbocycles. The van der Waals surface area contributed by atoms with Crippen molar-refractivity contribution in [1.29, 1.82) is 0 Å². The average Bonchev–Trinajstić information content (AvgIpc) is 1.64. The molecule has 0 amide bonds. The Morgan fingerprint density at radius 2 is 2.22 bits per heavy atom. The molecule has 1 N–H and O–H groups in total. The van der Waals surface area contributed by atoms with E-state index in [0.717, 1.165) is 6.54 Å². The summed E-state index contributed by atoms with van der Waals surface area (Å²) in [7, 11) is 2.16. The Labute approximate surface area is 63.0 Å². The van der Waals surface area contributed by atoms with Crippen molar-refractivity contribution in [2.24, 2.45) is 0 Å². The molecule has 0 spiro atoms. The molecule has 0 unspecified atom stereocenters. The van der Waals surface area contributed by atoms with Crippen molar-refractivity contribution in [1.82, 2.24) is 10.2 Å². The number of hydrogen-bond acceptors (Lipinski definition) is 2. The van der Waals surface area contributed by atoms with Crippen molar-refractivity contribution >= 4 is 12.4 Å². The van der Waals surface area contributed by atoms with Crippen LogP contribution in [0.3, 0.4) is 0 Å². The fourth-order valence-electron chi connectivity index (χ4n) is 1.13. The first-order valence-corrected chi connectivity index (χ1v) is 3.21. The van der Waals surface area contributed by atoms with Gasteiger partial charge in [-0.15, -0.1) is 12.4 Å². The van der Waals surface area contributed by atoms with Crippen LogP contribution < -0.4 is 5.32 Å². The predicted octanol–water partition coefficient (Wildman–Crippen LogP) is 0.332. The Morgan fingerprint density at radius 1 is 1.56 bits per heavy atom. The molecule has 0 aromatic heterocycles. The normalized spacial score (nSPS) is 29.3. The summed E-state index contributed by atoms with van der Waals surface area (Å²) in [5.74, 6) is 0. The van der Waals surface area contributed by atoms with Crippen LogP contribution in [-0.2, 0) is 0 Å². The summed E-state index contributed by atoms with van der Waals surface area (Å²) in [6.07, 6.45) is 0. The van der Waals surface area contributed by atoms with Crippen LogP contribution in [-0.4, -0.2) is 37.6 Å². The Morgan fingerprint density at radius 3 is 2.56 bits per heavy atom. The third-order valence-electron chi connectivity index (χ3n) is 1.57. The number of nitrogens with one attached hydrogen (secondary N) is 1. The Balaban J connectivity index is 0.000000640. The van der Waals surface area contributed by atoms with Crippen LogP contribution in [0.1, 0.15) is 6.92 Å². The lowest BCUT2D eigenvalue weighted by molar-refractivity contribution is 0.248. The van der Waals surface area contributed by atoms with Crippen molar-refractivity contribution < 1.29 is 0 Å². The number of hydrogen-bond donors (Lipinski definition) is 1. The second-order valence-electron chi connectivity index (χ2n) is 2.62. The monoisotopic (exact) mass is 150 g/mol. The topological polar surface area (TPSA) is 15.3 Å². The molecule has 0 radical (unpaired) electrons. The van der Waals surface area contributed by atoms with Crippen LogP contribution >= 0.6 is 12.4 Å². The summed E-state index contributed by atoms with van der Waals surface area (Å²) in [4.78, 5) is 2.35. The molecular formula is C6H15ClN2. The molecule has 1 aliphatic rings. The van der Waals surface area contributed by atoms with E-state index in [9.17, 15) is 0 Å². The summed E-state index contributed by atoms with van der Waals surface area (Å²) in [5, 5.41) is 3.37. The minimum atomic E-state index is 0. The van der Waals surface area contributed by atoms with Crippen LogP contribution in [0.5, 0.6) is 0 Å². The fraction of sp³-hybridized carbons (Fsp3) is 1.00. The molecule has 0 aromatic rings. The van der Waals surface area contributed by atoms with Gasteiger partial charge in [-0.2, -0.15) is 0 Å². The van der Waals surface area contributed by atoms with Gasteiger partial charge < -0.3 is 10.2 Å². The van der Waals surface area contributed by atoms with Gasteiger partial charge in [0.15, 0.2) is 0 Å². The molecule has 3 heteroatoms. The molecule has 2 nitrogen and oxygen atoms in total. The molecule has 1 saturated heterocycles. The van der Waals surface area contributed by atoms with E-state index in [1.165, 1.54) is 13.1 Å². The number of rotatable bonds is 0. The summed E-state index contributed by atoms with van der Waals surface area (Å²) in [6, 6.07) is 0.689. The van der Waals surface area contributed by atoms with E-state index in [1.54, 1.807) is 0 Å². The average molecular weight is 151 g/mol. The maximum atomic E-state index is 3.37. The van der Waals surface area contributed by atoms with Crippen LogP contribution in [0.4, 0.5) is 0 Å².